The van der Waals surface area contributed by atoms with E-state index in [0.29, 0.717) is 18.1 Å². The van der Waals surface area contributed by atoms with E-state index in [-0.39, 0.29) is 6.04 Å². The van der Waals surface area contributed by atoms with Crippen LogP contribution in [-0.4, -0.2) is 12.1 Å². The number of rotatable bonds is 5. The van der Waals surface area contributed by atoms with Crippen LogP contribution in [0.2, 0.25) is 0 Å². The molecule has 0 radical (unpaired) electrons. The van der Waals surface area contributed by atoms with E-state index in [2.05, 4.69) is 20.9 Å². The third-order valence-corrected chi connectivity index (χ3v) is 3.35. The number of hydrogen-bond acceptors (Lipinski definition) is 4. The maximum Gasteiger partial charge on any atom is 0.161 e. The van der Waals surface area contributed by atoms with Crippen LogP contribution in [0.4, 0.5) is 0 Å². The molecule has 1 heterocycles. The molecule has 4 nitrogen and oxygen atoms in total. The molecule has 0 spiro atoms. The van der Waals surface area contributed by atoms with Crippen LogP contribution in [0.3, 0.4) is 0 Å². The molecule has 0 aliphatic carbocycles. The summed E-state index contributed by atoms with van der Waals surface area (Å²) in [7, 11) is 1.62. The smallest absolute Gasteiger partial charge is 0.161 e. The Kier molecular flexibility index (Phi) is 4.98. The summed E-state index contributed by atoms with van der Waals surface area (Å²) in [4.78, 5) is 4.26. The van der Waals surface area contributed by atoms with Crippen LogP contribution < -0.4 is 15.2 Å². The highest BCUT2D eigenvalue weighted by molar-refractivity contribution is 9.10. The summed E-state index contributed by atoms with van der Waals surface area (Å²) in [6.07, 6.45) is 1.75. The quantitative estimate of drug-likeness (QED) is 0.908. The first-order valence-electron chi connectivity index (χ1n) is 6.27. The molecule has 0 aliphatic heterocycles. The van der Waals surface area contributed by atoms with Crippen molar-refractivity contribution in [3.63, 3.8) is 0 Å². The molecule has 1 atom stereocenters. The van der Waals surface area contributed by atoms with Crippen molar-refractivity contribution in [3.05, 3.63) is 52.3 Å². The normalized spacial score (nSPS) is 12.0. The van der Waals surface area contributed by atoms with Crippen molar-refractivity contribution in [2.24, 2.45) is 5.73 Å². The zero-order valence-corrected chi connectivity index (χ0v) is 13.1. The van der Waals surface area contributed by atoms with Gasteiger partial charge < -0.3 is 15.2 Å². The van der Waals surface area contributed by atoms with Crippen molar-refractivity contribution in [1.82, 2.24) is 4.98 Å². The molecule has 0 aliphatic rings. The summed E-state index contributed by atoms with van der Waals surface area (Å²) in [6.45, 7) is 2.32. The Balaban J connectivity index is 2.10. The first-order valence-corrected chi connectivity index (χ1v) is 7.06. The Hall–Kier alpha value is -1.59. The summed E-state index contributed by atoms with van der Waals surface area (Å²) in [6, 6.07) is 9.52. The Morgan fingerprint density at radius 3 is 2.65 bits per heavy atom. The number of nitrogens with two attached hydrogens (primary N) is 1. The average Bonchev–Trinajstić information content (AvgIpc) is 2.46. The molecule has 1 aromatic carbocycles. The summed E-state index contributed by atoms with van der Waals surface area (Å²) < 4.78 is 12.0. The van der Waals surface area contributed by atoms with Gasteiger partial charge in [-0.15, -0.1) is 0 Å². The van der Waals surface area contributed by atoms with E-state index in [1.165, 1.54) is 0 Å². The lowest BCUT2D eigenvalue weighted by Gasteiger charge is -2.13. The van der Waals surface area contributed by atoms with Crippen molar-refractivity contribution in [2.75, 3.05) is 7.11 Å². The Labute approximate surface area is 127 Å². The van der Waals surface area contributed by atoms with E-state index < -0.39 is 0 Å². The second-order valence-corrected chi connectivity index (χ2v) is 5.37. The van der Waals surface area contributed by atoms with E-state index in [1.807, 2.05) is 37.3 Å². The minimum atomic E-state index is -0.0360. The number of nitrogens with zero attached hydrogens (tertiary/aromatic N) is 1. The molecule has 0 fully saturated rings. The Bertz CT molecular complexity index is 571. The second kappa shape index (κ2) is 6.72. The van der Waals surface area contributed by atoms with Crippen LogP contribution in [0, 0.1) is 0 Å². The molecule has 0 saturated heterocycles. The van der Waals surface area contributed by atoms with E-state index >= 15 is 0 Å². The van der Waals surface area contributed by atoms with Crippen LogP contribution in [0.1, 0.15) is 24.2 Å². The fourth-order valence-electron chi connectivity index (χ4n) is 1.73. The first-order chi connectivity index (χ1) is 9.60. The van der Waals surface area contributed by atoms with Crippen LogP contribution in [0.25, 0.3) is 0 Å². The topological polar surface area (TPSA) is 57.4 Å². The first kappa shape index (κ1) is 14.8. The number of halogens is 1. The lowest BCUT2D eigenvalue weighted by molar-refractivity contribution is 0.280. The van der Waals surface area contributed by atoms with Crippen LogP contribution >= 0.6 is 15.9 Å². The standard InChI is InChI=1S/C15H17BrN2O2/c1-10(17)11-3-6-14(15(7-11)19-2)20-9-13-5-4-12(16)8-18-13/h3-8,10H,9,17H2,1-2H3/t10-/m0/s1. The van der Waals surface area contributed by atoms with Gasteiger partial charge in [-0.25, -0.2) is 0 Å². The van der Waals surface area contributed by atoms with Crippen molar-refractivity contribution in [2.45, 2.75) is 19.6 Å². The van der Waals surface area contributed by atoms with E-state index in [4.69, 9.17) is 15.2 Å². The van der Waals surface area contributed by atoms with Crippen molar-refractivity contribution in [3.8, 4) is 11.5 Å². The number of pyridine rings is 1. The minimum absolute atomic E-state index is 0.0360. The molecule has 2 N–H and O–H groups in total. The molecule has 5 heteroatoms. The van der Waals surface area contributed by atoms with Gasteiger partial charge in [0.05, 0.1) is 12.8 Å². The summed E-state index contributed by atoms with van der Waals surface area (Å²) in [5.74, 6) is 1.36. The van der Waals surface area contributed by atoms with Gasteiger partial charge in [0.2, 0.25) is 0 Å². The van der Waals surface area contributed by atoms with Gasteiger partial charge in [-0.05, 0) is 52.7 Å². The van der Waals surface area contributed by atoms with Crippen LogP contribution in [0.5, 0.6) is 11.5 Å². The maximum atomic E-state index is 5.86. The molecule has 0 amide bonds. The Morgan fingerprint density at radius 2 is 2.05 bits per heavy atom. The molecule has 2 rings (SSSR count). The third-order valence-electron chi connectivity index (χ3n) is 2.88. The van der Waals surface area contributed by atoms with Gasteiger partial charge in [-0.2, -0.15) is 0 Å². The van der Waals surface area contributed by atoms with Gasteiger partial charge in [0.25, 0.3) is 0 Å². The largest absolute Gasteiger partial charge is 0.493 e. The number of ether oxygens (including phenoxy) is 2. The number of benzene rings is 1. The number of methoxy groups -OCH3 is 1. The van der Waals surface area contributed by atoms with Gasteiger partial charge in [-0.3, -0.25) is 4.98 Å². The van der Waals surface area contributed by atoms with Crippen molar-refractivity contribution < 1.29 is 9.47 Å². The van der Waals surface area contributed by atoms with Gasteiger partial charge in [0.15, 0.2) is 11.5 Å². The lowest BCUT2D eigenvalue weighted by atomic mass is 10.1. The van der Waals surface area contributed by atoms with Crippen molar-refractivity contribution in [1.29, 1.82) is 0 Å². The third kappa shape index (κ3) is 3.71. The molecular weight excluding hydrogens is 320 g/mol. The molecule has 106 valence electrons. The molecule has 2 aromatic rings. The van der Waals surface area contributed by atoms with Gasteiger partial charge in [-0.1, -0.05) is 6.07 Å². The SMILES string of the molecule is COc1cc([C@H](C)N)ccc1OCc1ccc(Br)cn1. The van der Waals surface area contributed by atoms with E-state index in [1.54, 1.807) is 13.3 Å². The predicted molar refractivity (Wildman–Crippen MR) is 81.9 cm³/mol. The predicted octanol–water partition coefficient (Wildman–Crippen LogP) is 3.45. The van der Waals surface area contributed by atoms with Crippen molar-refractivity contribution >= 4 is 15.9 Å². The Morgan fingerprint density at radius 1 is 1.25 bits per heavy atom. The lowest BCUT2D eigenvalue weighted by Crippen LogP contribution is -2.06. The van der Waals surface area contributed by atoms with Crippen LogP contribution in [0.15, 0.2) is 41.0 Å². The highest BCUT2D eigenvalue weighted by atomic mass is 79.9. The summed E-state index contributed by atoms with van der Waals surface area (Å²) in [5, 5.41) is 0. The van der Waals surface area contributed by atoms with E-state index in [9.17, 15) is 0 Å². The monoisotopic (exact) mass is 336 g/mol. The van der Waals surface area contributed by atoms with Gasteiger partial charge in [0, 0.05) is 16.7 Å². The van der Waals surface area contributed by atoms with Gasteiger partial charge in [0.1, 0.15) is 6.61 Å². The number of aromatic nitrogens is 1. The van der Waals surface area contributed by atoms with E-state index in [0.717, 1.165) is 15.7 Å². The molecular formula is C15H17BrN2O2. The van der Waals surface area contributed by atoms with Crippen LogP contribution in [-0.2, 0) is 6.61 Å². The fraction of sp³-hybridized carbons (Fsp3) is 0.267. The second-order valence-electron chi connectivity index (χ2n) is 4.46. The summed E-state index contributed by atoms with van der Waals surface area (Å²) >= 11 is 3.35. The molecule has 0 saturated carbocycles. The van der Waals surface area contributed by atoms with Gasteiger partial charge >= 0.3 is 0 Å². The fourth-order valence-corrected chi connectivity index (χ4v) is 1.96. The highest BCUT2D eigenvalue weighted by Gasteiger charge is 2.08. The molecule has 0 bridgehead atoms. The zero-order valence-electron chi connectivity index (χ0n) is 11.5. The average molecular weight is 337 g/mol. The minimum Gasteiger partial charge on any atom is -0.493 e. The summed E-state index contributed by atoms with van der Waals surface area (Å²) in [5.41, 5.74) is 7.72. The molecule has 1 aromatic heterocycles. The maximum absolute atomic E-state index is 5.86. The highest BCUT2D eigenvalue weighted by Crippen LogP contribution is 2.30. The zero-order chi connectivity index (χ0) is 14.5. The number of hydrogen-bond donors (Lipinski definition) is 1. The molecule has 0 unspecified atom stereocenters. The molecule has 20 heavy (non-hydrogen) atoms.